The van der Waals surface area contributed by atoms with Gasteiger partial charge < -0.3 is 9.84 Å². The molecule has 23 heavy (non-hydrogen) atoms. The highest BCUT2D eigenvalue weighted by Gasteiger charge is 2.36. The first kappa shape index (κ1) is 15.4. The molecule has 2 aromatic rings. The molecule has 3 rings (SSSR count). The van der Waals surface area contributed by atoms with Gasteiger partial charge in [-0.3, -0.25) is 9.59 Å². The van der Waals surface area contributed by atoms with Gasteiger partial charge in [0.25, 0.3) is 6.29 Å². The van der Waals surface area contributed by atoms with Crippen LogP contribution in [0.5, 0.6) is 5.75 Å². The van der Waals surface area contributed by atoms with Gasteiger partial charge in [-0.2, -0.15) is 0 Å². The number of aliphatic hydroxyl groups is 1. The van der Waals surface area contributed by atoms with Crippen molar-refractivity contribution < 1.29 is 19.4 Å². The Morgan fingerprint density at radius 1 is 1.17 bits per heavy atom. The van der Waals surface area contributed by atoms with Crippen LogP contribution < -0.4 is 4.74 Å². The van der Waals surface area contributed by atoms with E-state index in [4.69, 9.17) is 4.74 Å². The number of ether oxygens (including phenoxy) is 1. The molecule has 0 fully saturated rings. The molecular formula is C19H18O4. The van der Waals surface area contributed by atoms with Gasteiger partial charge in [0, 0.05) is 11.1 Å². The summed E-state index contributed by atoms with van der Waals surface area (Å²) < 4.78 is 5.16. The van der Waals surface area contributed by atoms with E-state index in [9.17, 15) is 14.7 Å². The predicted octanol–water partition coefficient (Wildman–Crippen LogP) is 3.15. The fourth-order valence-corrected chi connectivity index (χ4v) is 2.84. The molecule has 2 aromatic carbocycles. The average molecular weight is 310 g/mol. The zero-order valence-corrected chi connectivity index (χ0v) is 12.9. The van der Waals surface area contributed by atoms with E-state index in [0.717, 1.165) is 18.4 Å². The Morgan fingerprint density at radius 3 is 2.61 bits per heavy atom. The molecule has 1 unspecified atom stereocenters. The number of aryl methyl sites for hydroxylation is 1. The molecule has 1 atom stereocenters. The molecule has 4 nitrogen and oxygen atoms in total. The number of carbonyl (C=O) groups is 2. The van der Waals surface area contributed by atoms with E-state index >= 15 is 0 Å². The van der Waals surface area contributed by atoms with Gasteiger partial charge in [0.2, 0.25) is 5.78 Å². The third kappa shape index (κ3) is 2.78. The smallest absolute Gasteiger partial charge is 0.262 e. The van der Waals surface area contributed by atoms with Crippen molar-refractivity contribution in [3.63, 3.8) is 0 Å². The van der Waals surface area contributed by atoms with Gasteiger partial charge in [0.15, 0.2) is 5.78 Å². The number of aliphatic hydroxyl groups excluding tert-OH is 1. The second-order valence-electron chi connectivity index (χ2n) is 5.61. The topological polar surface area (TPSA) is 63.6 Å². The largest absolute Gasteiger partial charge is 0.456 e. The third-order valence-corrected chi connectivity index (χ3v) is 4.03. The van der Waals surface area contributed by atoms with Crippen LogP contribution in [0.1, 0.15) is 51.6 Å². The van der Waals surface area contributed by atoms with Crippen LogP contribution >= 0.6 is 0 Å². The van der Waals surface area contributed by atoms with Crippen molar-refractivity contribution in [2.24, 2.45) is 0 Å². The highest BCUT2D eigenvalue weighted by atomic mass is 16.6. The minimum absolute atomic E-state index is 0.208. The van der Waals surface area contributed by atoms with Crippen molar-refractivity contribution in [2.75, 3.05) is 0 Å². The van der Waals surface area contributed by atoms with Gasteiger partial charge in [-0.15, -0.1) is 0 Å². The molecule has 0 amide bonds. The number of hydrogen-bond acceptors (Lipinski definition) is 4. The molecule has 0 aliphatic carbocycles. The van der Waals surface area contributed by atoms with Crippen molar-refractivity contribution in [2.45, 2.75) is 32.5 Å². The number of hydrogen-bond donors (Lipinski definition) is 1. The fourth-order valence-electron chi connectivity index (χ4n) is 2.84. The summed E-state index contributed by atoms with van der Waals surface area (Å²) in [6.07, 6.45) is 1.10. The lowest BCUT2D eigenvalue weighted by atomic mass is 9.89. The van der Waals surface area contributed by atoms with Gasteiger partial charge in [-0.25, -0.2) is 0 Å². The highest BCUT2D eigenvalue weighted by molar-refractivity contribution is 6.19. The summed E-state index contributed by atoms with van der Waals surface area (Å²) in [6.45, 7) is 2.07. The quantitative estimate of drug-likeness (QED) is 0.862. The fraction of sp³-hybridized carbons (Fsp3) is 0.263. The summed E-state index contributed by atoms with van der Waals surface area (Å²) in [4.78, 5) is 25.2. The number of rotatable bonds is 5. The zero-order chi connectivity index (χ0) is 16.4. The summed E-state index contributed by atoms with van der Waals surface area (Å²) in [7, 11) is 0. The molecule has 0 aromatic heterocycles. The normalized spacial score (nSPS) is 16.1. The van der Waals surface area contributed by atoms with Crippen molar-refractivity contribution in [1.29, 1.82) is 0 Å². The maximum atomic E-state index is 13.0. The second-order valence-corrected chi connectivity index (χ2v) is 5.61. The monoisotopic (exact) mass is 310 g/mol. The third-order valence-electron chi connectivity index (χ3n) is 4.03. The first-order valence-electron chi connectivity index (χ1n) is 7.78. The Balaban J connectivity index is 2.14. The summed E-state index contributed by atoms with van der Waals surface area (Å²) in [6, 6.07) is 12.3. The standard InChI is InChI=1S/C19H18O4/c1-2-3-7-12-10-11-14-16(18(21)19(22)23-14)15(12)17(20)13-8-5-4-6-9-13/h4-6,8-11,19,22H,2-3,7H2,1H3. The average Bonchev–Trinajstić information content (AvgIpc) is 2.87. The highest BCUT2D eigenvalue weighted by Crippen LogP contribution is 2.34. The number of fused-ring (bicyclic) bond motifs is 1. The van der Waals surface area contributed by atoms with Gasteiger partial charge in [-0.05, 0) is 24.5 Å². The van der Waals surface area contributed by atoms with Crippen LogP contribution in [-0.2, 0) is 6.42 Å². The minimum atomic E-state index is -1.52. The van der Waals surface area contributed by atoms with E-state index in [1.54, 1.807) is 30.3 Å². The summed E-state index contributed by atoms with van der Waals surface area (Å²) >= 11 is 0. The molecule has 4 heteroatoms. The van der Waals surface area contributed by atoms with Crippen LogP contribution in [0.3, 0.4) is 0 Å². The molecule has 0 bridgehead atoms. The van der Waals surface area contributed by atoms with Crippen LogP contribution in [-0.4, -0.2) is 23.0 Å². The Bertz CT molecular complexity index is 749. The lowest BCUT2D eigenvalue weighted by molar-refractivity contribution is 0.00865. The maximum absolute atomic E-state index is 13.0. The lowest BCUT2D eigenvalue weighted by Gasteiger charge is -2.12. The second kappa shape index (κ2) is 6.34. The van der Waals surface area contributed by atoms with Crippen molar-refractivity contribution in [1.82, 2.24) is 0 Å². The molecule has 0 radical (unpaired) electrons. The molecular weight excluding hydrogens is 292 g/mol. The van der Waals surface area contributed by atoms with Crippen LogP contribution in [0.15, 0.2) is 42.5 Å². The lowest BCUT2D eigenvalue weighted by Crippen LogP contribution is -2.20. The van der Waals surface area contributed by atoms with E-state index in [2.05, 4.69) is 6.92 Å². The van der Waals surface area contributed by atoms with Crippen molar-refractivity contribution >= 4 is 11.6 Å². The van der Waals surface area contributed by atoms with Gasteiger partial charge in [0.1, 0.15) is 5.75 Å². The number of benzene rings is 2. The summed E-state index contributed by atoms with van der Waals surface area (Å²) in [5.74, 6) is -0.473. The van der Waals surface area contributed by atoms with Crippen LogP contribution in [0.25, 0.3) is 0 Å². The van der Waals surface area contributed by atoms with Crippen molar-refractivity contribution in [3.8, 4) is 5.75 Å². The summed E-state index contributed by atoms with van der Waals surface area (Å²) in [5, 5.41) is 9.68. The number of ketones is 2. The van der Waals surface area contributed by atoms with E-state index in [1.165, 1.54) is 0 Å². The molecule has 1 aliphatic rings. The summed E-state index contributed by atoms with van der Waals surface area (Å²) in [5.41, 5.74) is 1.92. The first-order chi connectivity index (χ1) is 11.1. The first-order valence-corrected chi connectivity index (χ1v) is 7.78. The number of Topliss-reactive ketones (excluding diaryl/α,β-unsaturated/α-hetero) is 1. The Hall–Kier alpha value is -2.46. The number of unbranched alkanes of at least 4 members (excludes halogenated alkanes) is 1. The minimum Gasteiger partial charge on any atom is -0.456 e. The van der Waals surface area contributed by atoms with E-state index in [1.807, 2.05) is 12.1 Å². The Labute approximate surface area is 134 Å². The van der Waals surface area contributed by atoms with Gasteiger partial charge in [0.05, 0.1) is 5.56 Å². The molecule has 0 saturated heterocycles. The SMILES string of the molecule is CCCCc1ccc2c(c1C(=O)c1ccccc1)C(=O)C(O)O2. The van der Waals surface area contributed by atoms with Gasteiger partial charge >= 0.3 is 0 Å². The molecule has 0 saturated carbocycles. The zero-order valence-electron chi connectivity index (χ0n) is 12.9. The predicted molar refractivity (Wildman–Crippen MR) is 85.9 cm³/mol. The van der Waals surface area contributed by atoms with Gasteiger partial charge in [-0.1, -0.05) is 49.7 Å². The van der Waals surface area contributed by atoms with Crippen LogP contribution in [0.4, 0.5) is 0 Å². The Kier molecular flexibility index (Phi) is 4.26. The molecule has 118 valence electrons. The number of carbonyl (C=O) groups excluding carboxylic acids is 2. The van der Waals surface area contributed by atoms with E-state index in [-0.39, 0.29) is 17.1 Å². The van der Waals surface area contributed by atoms with Crippen molar-refractivity contribution in [3.05, 3.63) is 64.7 Å². The van der Waals surface area contributed by atoms with E-state index in [0.29, 0.717) is 17.5 Å². The van der Waals surface area contributed by atoms with Crippen LogP contribution in [0, 0.1) is 0 Å². The molecule has 1 heterocycles. The maximum Gasteiger partial charge on any atom is 0.262 e. The molecule has 1 N–H and O–H groups in total. The molecule has 1 aliphatic heterocycles. The molecule has 0 spiro atoms. The van der Waals surface area contributed by atoms with E-state index < -0.39 is 12.1 Å². The van der Waals surface area contributed by atoms with Crippen LogP contribution in [0.2, 0.25) is 0 Å². The Morgan fingerprint density at radius 2 is 1.91 bits per heavy atom.